The zero-order valence-corrected chi connectivity index (χ0v) is 31.8. The minimum atomic E-state index is -1.30. The third-order valence-corrected chi connectivity index (χ3v) is 10.3. The number of β-amino-alcohol motifs (C(OH)–C–C–N with tert-alkyl or cyclic N) is 1. The SMILES string of the molecule is Cc1c(COc2cc(OCc3cc(Cl)cc(Cl)c3)c(CNC(CO)(CO)CO)cc2Cl)cccc1-c1cccc(OCCCN2CCC(O)C2)c1C. The molecule has 4 aromatic carbocycles. The van der Waals surface area contributed by atoms with Gasteiger partial charge in [0.2, 0.25) is 0 Å². The average Bonchev–Trinajstić information content (AvgIpc) is 3.55. The lowest BCUT2D eigenvalue weighted by molar-refractivity contribution is 0.0412. The lowest BCUT2D eigenvalue weighted by Gasteiger charge is -2.29. The van der Waals surface area contributed by atoms with Gasteiger partial charge in [-0.3, -0.25) is 0 Å². The number of aliphatic hydroxyl groups excluding tert-OH is 4. The summed E-state index contributed by atoms with van der Waals surface area (Å²) in [5.41, 5.74) is 5.33. The van der Waals surface area contributed by atoms with Gasteiger partial charge in [-0.2, -0.15) is 0 Å². The lowest BCUT2D eigenvalue weighted by Crippen LogP contribution is -2.54. The van der Waals surface area contributed by atoms with Gasteiger partial charge in [0.1, 0.15) is 30.5 Å². The summed E-state index contributed by atoms with van der Waals surface area (Å²) in [5, 5.41) is 43.6. The maximum atomic E-state index is 9.83. The molecule has 52 heavy (non-hydrogen) atoms. The topological polar surface area (TPSA) is 124 Å². The molecule has 0 amide bonds. The second kappa shape index (κ2) is 18.8. The molecular formula is C40H47Cl3N2O7. The van der Waals surface area contributed by atoms with Gasteiger partial charge in [0, 0.05) is 47.9 Å². The second-order valence-electron chi connectivity index (χ2n) is 13.3. The van der Waals surface area contributed by atoms with Crippen molar-refractivity contribution in [2.24, 2.45) is 0 Å². The Morgan fingerprint density at radius 1 is 0.769 bits per heavy atom. The Morgan fingerprint density at radius 3 is 2.12 bits per heavy atom. The lowest BCUT2D eigenvalue weighted by atomic mass is 9.93. The van der Waals surface area contributed by atoms with E-state index in [1.54, 1.807) is 30.3 Å². The predicted octanol–water partition coefficient (Wildman–Crippen LogP) is 6.73. The standard InChI is InChI=1S/C40H47Cl3N2O7/c1-26-29(6-3-7-34(26)35-8-4-9-37(27(35)2)50-13-5-11-45-12-10-33(49)20-45)22-52-39-18-38(51-21-28-14-31(41)17-32(42)15-28)30(16-36(39)43)19-44-40(23-46,24-47)25-48/h3-4,6-9,14-18,33,44,46-49H,5,10-13,19-25H2,1-2H3. The minimum Gasteiger partial charge on any atom is -0.493 e. The highest BCUT2D eigenvalue weighted by molar-refractivity contribution is 6.34. The van der Waals surface area contributed by atoms with Crippen LogP contribution in [0.2, 0.25) is 15.1 Å². The summed E-state index contributed by atoms with van der Waals surface area (Å²) in [5.74, 6) is 1.70. The molecule has 12 heteroatoms. The fourth-order valence-electron chi connectivity index (χ4n) is 6.25. The molecule has 4 aromatic rings. The van der Waals surface area contributed by atoms with E-state index in [2.05, 4.69) is 36.2 Å². The Bertz CT molecular complexity index is 1780. The third-order valence-electron chi connectivity index (χ3n) is 9.52. The quantitative estimate of drug-likeness (QED) is 0.0701. The summed E-state index contributed by atoms with van der Waals surface area (Å²) in [6, 6.07) is 20.8. The number of ether oxygens (including phenoxy) is 3. The van der Waals surface area contributed by atoms with Crippen LogP contribution in [-0.4, -0.2) is 83.0 Å². The number of aliphatic hydroxyl groups is 4. The van der Waals surface area contributed by atoms with Crippen molar-refractivity contribution in [2.75, 3.05) is 46.1 Å². The van der Waals surface area contributed by atoms with Crippen molar-refractivity contribution < 1.29 is 34.6 Å². The molecule has 0 spiro atoms. The van der Waals surface area contributed by atoms with Crippen molar-refractivity contribution in [3.05, 3.63) is 110 Å². The van der Waals surface area contributed by atoms with Crippen molar-refractivity contribution >= 4 is 34.8 Å². The average molecular weight is 774 g/mol. The highest BCUT2D eigenvalue weighted by atomic mass is 35.5. The Morgan fingerprint density at radius 2 is 1.44 bits per heavy atom. The van der Waals surface area contributed by atoms with E-state index in [-0.39, 0.29) is 25.9 Å². The van der Waals surface area contributed by atoms with Gasteiger partial charge in [-0.25, -0.2) is 0 Å². The molecule has 1 atom stereocenters. The number of hydrogen-bond donors (Lipinski definition) is 5. The molecule has 1 aliphatic heterocycles. The van der Waals surface area contributed by atoms with E-state index < -0.39 is 25.4 Å². The van der Waals surface area contributed by atoms with Crippen LogP contribution in [-0.2, 0) is 19.8 Å². The first-order valence-electron chi connectivity index (χ1n) is 17.4. The van der Waals surface area contributed by atoms with Crippen molar-refractivity contribution in [3.63, 3.8) is 0 Å². The van der Waals surface area contributed by atoms with E-state index in [4.69, 9.17) is 49.0 Å². The van der Waals surface area contributed by atoms with Crippen LogP contribution < -0.4 is 19.5 Å². The molecule has 1 aliphatic rings. The van der Waals surface area contributed by atoms with Crippen molar-refractivity contribution in [1.82, 2.24) is 10.2 Å². The smallest absolute Gasteiger partial charge is 0.142 e. The molecule has 0 bridgehead atoms. The molecule has 5 N–H and O–H groups in total. The second-order valence-corrected chi connectivity index (χ2v) is 14.6. The number of halogens is 3. The van der Waals surface area contributed by atoms with Gasteiger partial charge in [0.05, 0.1) is 43.1 Å². The summed E-state index contributed by atoms with van der Waals surface area (Å²) in [4.78, 5) is 2.28. The predicted molar refractivity (Wildman–Crippen MR) is 206 cm³/mol. The fourth-order valence-corrected chi connectivity index (χ4v) is 7.06. The Kier molecular flexibility index (Phi) is 14.5. The highest BCUT2D eigenvalue weighted by Crippen LogP contribution is 2.37. The van der Waals surface area contributed by atoms with Gasteiger partial charge in [0.25, 0.3) is 0 Å². The Labute approximate surface area is 320 Å². The van der Waals surface area contributed by atoms with E-state index in [0.29, 0.717) is 38.7 Å². The molecule has 0 aliphatic carbocycles. The van der Waals surface area contributed by atoms with Crippen LogP contribution in [0.3, 0.4) is 0 Å². The fraction of sp³-hybridized carbons (Fsp3) is 0.400. The number of benzene rings is 4. The Hall–Kier alpha value is -3.09. The van der Waals surface area contributed by atoms with Crippen LogP contribution in [0, 0.1) is 13.8 Å². The molecule has 5 rings (SSSR count). The normalized spacial score (nSPS) is 14.9. The number of nitrogens with zero attached hydrogens (tertiary/aromatic N) is 1. The van der Waals surface area contributed by atoms with Crippen molar-refractivity contribution in [1.29, 1.82) is 0 Å². The summed E-state index contributed by atoms with van der Waals surface area (Å²) in [7, 11) is 0. The van der Waals surface area contributed by atoms with E-state index in [9.17, 15) is 20.4 Å². The first-order chi connectivity index (χ1) is 25.0. The summed E-state index contributed by atoms with van der Waals surface area (Å²) in [6.45, 7) is 6.39. The number of likely N-dealkylation sites (tertiary alicyclic amines) is 1. The monoisotopic (exact) mass is 772 g/mol. The van der Waals surface area contributed by atoms with Crippen LogP contribution in [0.15, 0.2) is 66.7 Å². The molecule has 1 heterocycles. The van der Waals surface area contributed by atoms with E-state index >= 15 is 0 Å². The van der Waals surface area contributed by atoms with Gasteiger partial charge in [-0.15, -0.1) is 0 Å². The Balaban J connectivity index is 1.32. The zero-order valence-electron chi connectivity index (χ0n) is 29.5. The molecule has 0 aromatic heterocycles. The molecule has 1 fully saturated rings. The molecule has 280 valence electrons. The van der Waals surface area contributed by atoms with Crippen LogP contribution in [0.1, 0.15) is 40.7 Å². The largest absolute Gasteiger partial charge is 0.493 e. The number of rotatable bonds is 18. The molecule has 9 nitrogen and oxygen atoms in total. The van der Waals surface area contributed by atoms with Gasteiger partial charge in [0.15, 0.2) is 0 Å². The van der Waals surface area contributed by atoms with E-state index in [0.717, 1.165) is 71.6 Å². The maximum absolute atomic E-state index is 9.83. The first kappa shape index (κ1) is 40.1. The van der Waals surface area contributed by atoms with E-state index in [1.165, 1.54) is 0 Å². The first-order valence-corrected chi connectivity index (χ1v) is 18.5. The number of hydrogen-bond acceptors (Lipinski definition) is 9. The summed E-state index contributed by atoms with van der Waals surface area (Å²) < 4.78 is 18.8. The third kappa shape index (κ3) is 10.3. The molecule has 1 unspecified atom stereocenters. The molecule has 0 saturated carbocycles. The van der Waals surface area contributed by atoms with Crippen LogP contribution in [0.25, 0.3) is 11.1 Å². The van der Waals surface area contributed by atoms with Crippen LogP contribution in [0.4, 0.5) is 0 Å². The molecule has 1 saturated heterocycles. The van der Waals surface area contributed by atoms with Gasteiger partial charge < -0.3 is 44.9 Å². The summed E-state index contributed by atoms with van der Waals surface area (Å²) in [6.07, 6.45) is 1.51. The summed E-state index contributed by atoms with van der Waals surface area (Å²) >= 11 is 19.2. The van der Waals surface area contributed by atoms with Crippen molar-refractivity contribution in [2.45, 2.75) is 58.1 Å². The van der Waals surface area contributed by atoms with Crippen LogP contribution >= 0.6 is 34.8 Å². The van der Waals surface area contributed by atoms with Gasteiger partial charge >= 0.3 is 0 Å². The molecular weight excluding hydrogens is 727 g/mol. The van der Waals surface area contributed by atoms with Crippen LogP contribution in [0.5, 0.6) is 17.2 Å². The van der Waals surface area contributed by atoms with E-state index in [1.807, 2.05) is 24.3 Å². The molecule has 0 radical (unpaired) electrons. The zero-order chi connectivity index (χ0) is 37.3. The van der Waals surface area contributed by atoms with Crippen molar-refractivity contribution in [3.8, 4) is 28.4 Å². The highest BCUT2D eigenvalue weighted by Gasteiger charge is 2.28. The van der Waals surface area contributed by atoms with Gasteiger partial charge in [-0.05, 0) is 90.4 Å². The minimum absolute atomic E-state index is 0.124. The van der Waals surface area contributed by atoms with Gasteiger partial charge in [-0.1, -0.05) is 65.1 Å². The number of nitrogens with one attached hydrogen (secondary N) is 1. The maximum Gasteiger partial charge on any atom is 0.142 e.